The molecule has 1 unspecified atom stereocenters. The van der Waals surface area contributed by atoms with Crippen LogP contribution in [0.2, 0.25) is 5.02 Å². The lowest BCUT2D eigenvalue weighted by Gasteiger charge is -2.10. The quantitative estimate of drug-likeness (QED) is 0.633. The monoisotopic (exact) mass is 258 g/mol. The summed E-state index contributed by atoms with van der Waals surface area (Å²) in [6.07, 6.45) is 0.820. The van der Waals surface area contributed by atoms with Crippen LogP contribution in [0.25, 0.3) is 0 Å². The van der Waals surface area contributed by atoms with Gasteiger partial charge in [-0.25, -0.2) is 0 Å². The highest BCUT2D eigenvalue weighted by molar-refractivity contribution is 6.31. The minimum absolute atomic E-state index is 0.00368. The van der Waals surface area contributed by atoms with Gasteiger partial charge in [-0.15, -0.1) is 0 Å². The van der Waals surface area contributed by atoms with Gasteiger partial charge in [0.05, 0.1) is 13.7 Å². The number of aliphatic hydroxyl groups is 1. The standard InChI is InChI=1S/C12H19ClN2O2/c1-17-11-3-2-9(12(13)6-11)4-5-15-7-10(14)8-16/h2-3,6,10,15-16H,4-5,7-8,14H2,1H3. The van der Waals surface area contributed by atoms with Gasteiger partial charge in [0.2, 0.25) is 0 Å². The van der Waals surface area contributed by atoms with Gasteiger partial charge in [0, 0.05) is 17.6 Å². The van der Waals surface area contributed by atoms with Crippen molar-refractivity contribution in [3.05, 3.63) is 28.8 Å². The van der Waals surface area contributed by atoms with Gasteiger partial charge in [0.1, 0.15) is 5.75 Å². The van der Waals surface area contributed by atoms with Gasteiger partial charge >= 0.3 is 0 Å². The van der Waals surface area contributed by atoms with Crippen LogP contribution >= 0.6 is 11.6 Å². The van der Waals surface area contributed by atoms with Crippen molar-refractivity contribution in [3.8, 4) is 5.75 Å². The fourth-order valence-electron chi connectivity index (χ4n) is 1.43. The number of hydrogen-bond donors (Lipinski definition) is 3. The summed E-state index contributed by atoms with van der Waals surface area (Å²) in [7, 11) is 1.61. The summed E-state index contributed by atoms with van der Waals surface area (Å²) in [4.78, 5) is 0. The van der Waals surface area contributed by atoms with Gasteiger partial charge in [-0.1, -0.05) is 17.7 Å². The first kappa shape index (κ1) is 14.3. The third-order valence-electron chi connectivity index (χ3n) is 2.47. The Hall–Kier alpha value is -0.810. The van der Waals surface area contributed by atoms with Crippen molar-refractivity contribution in [2.75, 3.05) is 26.8 Å². The Balaban J connectivity index is 2.36. The normalized spacial score (nSPS) is 12.5. The Bertz CT molecular complexity index is 347. The van der Waals surface area contributed by atoms with Crippen LogP contribution in [-0.2, 0) is 6.42 Å². The topological polar surface area (TPSA) is 67.5 Å². The number of halogens is 1. The molecule has 0 aliphatic carbocycles. The maximum Gasteiger partial charge on any atom is 0.120 e. The molecule has 0 fully saturated rings. The van der Waals surface area contributed by atoms with E-state index in [1.807, 2.05) is 12.1 Å². The molecule has 96 valence electrons. The second-order valence-corrected chi connectivity index (χ2v) is 4.26. The van der Waals surface area contributed by atoms with Crippen molar-refractivity contribution in [3.63, 3.8) is 0 Å². The van der Waals surface area contributed by atoms with E-state index < -0.39 is 0 Å². The van der Waals surface area contributed by atoms with E-state index in [0.29, 0.717) is 11.6 Å². The lowest BCUT2D eigenvalue weighted by atomic mass is 10.1. The van der Waals surface area contributed by atoms with Gasteiger partial charge in [0.15, 0.2) is 0 Å². The van der Waals surface area contributed by atoms with Crippen LogP contribution in [0.4, 0.5) is 0 Å². The summed E-state index contributed by atoms with van der Waals surface area (Å²) in [5, 5.41) is 12.6. The van der Waals surface area contributed by atoms with E-state index in [2.05, 4.69) is 5.32 Å². The van der Waals surface area contributed by atoms with Crippen molar-refractivity contribution in [1.82, 2.24) is 5.32 Å². The summed E-state index contributed by atoms with van der Waals surface area (Å²) >= 11 is 6.10. The van der Waals surface area contributed by atoms with Crippen molar-refractivity contribution in [1.29, 1.82) is 0 Å². The zero-order chi connectivity index (χ0) is 12.7. The lowest BCUT2D eigenvalue weighted by molar-refractivity contribution is 0.262. The number of nitrogens with two attached hydrogens (primary N) is 1. The molecule has 1 aromatic rings. The second-order valence-electron chi connectivity index (χ2n) is 3.85. The number of nitrogens with one attached hydrogen (secondary N) is 1. The molecule has 0 amide bonds. The predicted molar refractivity (Wildman–Crippen MR) is 69.6 cm³/mol. The Morgan fingerprint density at radius 2 is 2.29 bits per heavy atom. The highest BCUT2D eigenvalue weighted by Gasteiger charge is 2.03. The van der Waals surface area contributed by atoms with E-state index in [-0.39, 0.29) is 12.6 Å². The van der Waals surface area contributed by atoms with Crippen LogP contribution in [0.3, 0.4) is 0 Å². The molecule has 0 aromatic heterocycles. The Labute approximate surface area is 107 Å². The van der Waals surface area contributed by atoms with Crippen molar-refractivity contribution in [2.45, 2.75) is 12.5 Å². The van der Waals surface area contributed by atoms with Crippen LogP contribution in [0.15, 0.2) is 18.2 Å². The van der Waals surface area contributed by atoms with Gasteiger partial charge in [-0.2, -0.15) is 0 Å². The van der Waals surface area contributed by atoms with Crippen LogP contribution < -0.4 is 15.8 Å². The maximum atomic E-state index is 8.75. The molecule has 0 aliphatic heterocycles. The molecule has 1 rings (SSSR count). The molecule has 0 heterocycles. The molecule has 4 nitrogen and oxygen atoms in total. The number of aliphatic hydroxyl groups excluding tert-OH is 1. The fraction of sp³-hybridized carbons (Fsp3) is 0.500. The molecule has 1 atom stereocenters. The summed E-state index contributed by atoms with van der Waals surface area (Å²) < 4.78 is 5.08. The van der Waals surface area contributed by atoms with Gasteiger partial charge in [-0.05, 0) is 30.7 Å². The first-order chi connectivity index (χ1) is 8.17. The first-order valence-corrected chi connectivity index (χ1v) is 5.94. The average Bonchev–Trinajstić information content (AvgIpc) is 2.35. The molecule has 0 saturated carbocycles. The van der Waals surface area contributed by atoms with Crippen LogP contribution in [-0.4, -0.2) is 38.0 Å². The Morgan fingerprint density at radius 3 is 2.88 bits per heavy atom. The summed E-state index contributed by atoms with van der Waals surface area (Å²) in [6.45, 7) is 1.38. The van der Waals surface area contributed by atoms with Gasteiger partial charge < -0.3 is 20.9 Å². The molecule has 0 saturated heterocycles. The molecule has 5 heteroatoms. The minimum atomic E-state index is -0.207. The van der Waals surface area contributed by atoms with E-state index in [0.717, 1.165) is 24.3 Å². The SMILES string of the molecule is COc1ccc(CCNCC(N)CO)c(Cl)c1. The Kier molecular flexibility index (Phi) is 6.29. The first-order valence-electron chi connectivity index (χ1n) is 5.57. The maximum absolute atomic E-state index is 8.75. The molecule has 0 spiro atoms. The number of rotatable bonds is 7. The Morgan fingerprint density at radius 1 is 1.53 bits per heavy atom. The zero-order valence-electron chi connectivity index (χ0n) is 9.95. The third kappa shape index (κ3) is 4.91. The molecule has 4 N–H and O–H groups in total. The highest BCUT2D eigenvalue weighted by atomic mass is 35.5. The number of ether oxygens (including phenoxy) is 1. The molecular weight excluding hydrogens is 240 g/mol. The van der Waals surface area contributed by atoms with Gasteiger partial charge in [0.25, 0.3) is 0 Å². The van der Waals surface area contributed by atoms with E-state index in [9.17, 15) is 0 Å². The summed E-state index contributed by atoms with van der Waals surface area (Å²) in [6, 6.07) is 5.44. The number of methoxy groups -OCH3 is 1. The largest absolute Gasteiger partial charge is 0.497 e. The van der Waals surface area contributed by atoms with E-state index in [1.54, 1.807) is 13.2 Å². The van der Waals surface area contributed by atoms with E-state index >= 15 is 0 Å². The van der Waals surface area contributed by atoms with Crippen molar-refractivity contribution in [2.24, 2.45) is 5.73 Å². The molecule has 0 radical (unpaired) electrons. The minimum Gasteiger partial charge on any atom is -0.497 e. The predicted octanol–water partition coefficient (Wildman–Crippen LogP) is 0.800. The van der Waals surface area contributed by atoms with Crippen molar-refractivity contribution >= 4 is 11.6 Å². The third-order valence-corrected chi connectivity index (χ3v) is 2.82. The lowest BCUT2D eigenvalue weighted by Crippen LogP contribution is -2.37. The average molecular weight is 259 g/mol. The number of hydrogen-bond acceptors (Lipinski definition) is 4. The molecule has 1 aromatic carbocycles. The fourth-order valence-corrected chi connectivity index (χ4v) is 1.70. The van der Waals surface area contributed by atoms with E-state index in [4.69, 9.17) is 27.2 Å². The molecule has 17 heavy (non-hydrogen) atoms. The molecule has 0 aliphatic rings. The molecule has 0 bridgehead atoms. The molecular formula is C12H19ClN2O2. The smallest absolute Gasteiger partial charge is 0.120 e. The second kappa shape index (κ2) is 7.50. The van der Waals surface area contributed by atoms with Gasteiger partial charge in [-0.3, -0.25) is 0 Å². The van der Waals surface area contributed by atoms with Crippen molar-refractivity contribution < 1.29 is 9.84 Å². The van der Waals surface area contributed by atoms with Crippen LogP contribution in [0.5, 0.6) is 5.75 Å². The summed E-state index contributed by atoms with van der Waals surface area (Å²) in [5.41, 5.74) is 6.63. The summed E-state index contributed by atoms with van der Waals surface area (Å²) in [5.74, 6) is 0.758. The zero-order valence-corrected chi connectivity index (χ0v) is 10.7. The van der Waals surface area contributed by atoms with Crippen LogP contribution in [0.1, 0.15) is 5.56 Å². The van der Waals surface area contributed by atoms with E-state index in [1.165, 1.54) is 0 Å². The highest BCUT2D eigenvalue weighted by Crippen LogP contribution is 2.22. The number of benzene rings is 1. The van der Waals surface area contributed by atoms with Crippen LogP contribution in [0, 0.1) is 0 Å².